The van der Waals surface area contributed by atoms with Crippen LogP contribution in [0.3, 0.4) is 0 Å². The normalized spacial score (nSPS) is 10.9. The third kappa shape index (κ3) is 2.32. The zero-order chi connectivity index (χ0) is 13.4. The topological polar surface area (TPSA) is 12.9 Å². The molecule has 0 N–H and O–H groups in total. The Morgan fingerprint density at radius 2 is 1.63 bits per heavy atom. The SMILES string of the molecule is Cc1cc2c(Cl)cc(-c3ccccc3)nc2cc1Cl. The third-order valence-corrected chi connectivity index (χ3v) is 3.83. The molecule has 0 amide bonds. The van der Waals surface area contributed by atoms with Crippen LogP contribution in [0, 0.1) is 6.92 Å². The van der Waals surface area contributed by atoms with Crippen LogP contribution in [0.4, 0.5) is 0 Å². The molecule has 0 unspecified atom stereocenters. The Morgan fingerprint density at radius 1 is 0.895 bits per heavy atom. The number of hydrogen-bond donors (Lipinski definition) is 0. The average molecular weight is 288 g/mol. The fraction of sp³-hybridized carbons (Fsp3) is 0.0625. The lowest BCUT2D eigenvalue weighted by Gasteiger charge is -2.07. The minimum atomic E-state index is 0.698. The number of nitrogens with zero attached hydrogens (tertiary/aromatic N) is 1. The molecule has 19 heavy (non-hydrogen) atoms. The summed E-state index contributed by atoms with van der Waals surface area (Å²) in [4.78, 5) is 4.64. The van der Waals surface area contributed by atoms with Gasteiger partial charge in [-0.05, 0) is 30.7 Å². The first kappa shape index (κ1) is 12.5. The van der Waals surface area contributed by atoms with Crippen LogP contribution in [0.25, 0.3) is 22.2 Å². The van der Waals surface area contributed by atoms with Gasteiger partial charge in [0.05, 0.1) is 16.2 Å². The molecular formula is C16H11Cl2N. The zero-order valence-corrected chi connectivity index (χ0v) is 11.8. The van der Waals surface area contributed by atoms with E-state index in [2.05, 4.69) is 4.98 Å². The van der Waals surface area contributed by atoms with Gasteiger partial charge in [0.15, 0.2) is 0 Å². The maximum absolute atomic E-state index is 6.35. The van der Waals surface area contributed by atoms with Crippen LogP contribution >= 0.6 is 23.2 Å². The van der Waals surface area contributed by atoms with Gasteiger partial charge >= 0.3 is 0 Å². The molecule has 1 aromatic heterocycles. The van der Waals surface area contributed by atoms with E-state index in [9.17, 15) is 0 Å². The summed E-state index contributed by atoms with van der Waals surface area (Å²) in [5.41, 5.74) is 3.73. The van der Waals surface area contributed by atoms with Crippen molar-refractivity contribution in [1.29, 1.82) is 0 Å². The Hall–Kier alpha value is -1.57. The molecule has 0 atom stereocenters. The van der Waals surface area contributed by atoms with E-state index in [1.807, 2.05) is 55.5 Å². The molecular weight excluding hydrogens is 277 g/mol. The van der Waals surface area contributed by atoms with Gasteiger partial charge in [-0.2, -0.15) is 0 Å². The number of pyridine rings is 1. The van der Waals surface area contributed by atoms with E-state index in [4.69, 9.17) is 23.2 Å². The van der Waals surface area contributed by atoms with E-state index in [0.717, 1.165) is 27.7 Å². The maximum Gasteiger partial charge on any atom is 0.0739 e. The fourth-order valence-corrected chi connectivity index (χ4v) is 2.48. The summed E-state index contributed by atoms with van der Waals surface area (Å²) in [6.45, 7) is 1.96. The molecule has 1 nitrogen and oxygen atoms in total. The van der Waals surface area contributed by atoms with E-state index >= 15 is 0 Å². The first-order chi connectivity index (χ1) is 9.15. The molecule has 3 aromatic rings. The van der Waals surface area contributed by atoms with Crippen LogP contribution in [0.2, 0.25) is 10.0 Å². The van der Waals surface area contributed by atoms with Crippen molar-refractivity contribution in [2.24, 2.45) is 0 Å². The van der Waals surface area contributed by atoms with Crippen molar-refractivity contribution in [3.63, 3.8) is 0 Å². The Balaban J connectivity index is 2.28. The molecule has 94 valence electrons. The number of aromatic nitrogens is 1. The number of benzene rings is 2. The van der Waals surface area contributed by atoms with Gasteiger partial charge in [0.1, 0.15) is 0 Å². The molecule has 3 rings (SSSR count). The number of fused-ring (bicyclic) bond motifs is 1. The van der Waals surface area contributed by atoms with Crippen molar-refractivity contribution >= 4 is 34.1 Å². The predicted octanol–water partition coefficient (Wildman–Crippen LogP) is 5.52. The molecule has 0 aliphatic heterocycles. The lowest BCUT2D eigenvalue weighted by atomic mass is 10.1. The van der Waals surface area contributed by atoms with Gasteiger partial charge in [-0.25, -0.2) is 4.98 Å². The highest BCUT2D eigenvalue weighted by molar-refractivity contribution is 6.36. The van der Waals surface area contributed by atoms with E-state index in [1.165, 1.54) is 0 Å². The molecule has 3 heteroatoms. The second kappa shape index (κ2) is 4.84. The van der Waals surface area contributed by atoms with Crippen LogP contribution in [0.1, 0.15) is 5.56 Å². The molecule has 2 aromatic carbocycles. The van der Waals surface area contributed by atoms with Gasteiger partial charge in [-0.15, -0.1) is 0 Å². The Labute approximate surface area is 121 Å². The molecule has 0 spiro atoms. The summed E-state index contributed by atoms with van der Waals surface area (Å²) in [5.74, 6) is 0. The molecule has 0 saturated carbocycles. The minimum Gasteiger partial charge on any atom is -0.248 e. The molecule has 1 heterocycles. The van der Waals surface area contributed by atoms with Gasteiger partial charge in [-0.3, -0.25) is 0 Å². The Morgan fingerprint density at radius 3 is 2.37 bits per heavy atom. The Bertz CT molecular complexity index is 752. The zero-order valence-electron chi connectivity index (χ0n) is 10.3. The summed E-state index contributed by atoms with van der Waals surface area (Å²) >= 11 is 12.5. The van der Waals surface area contributed by atoms with Crippen LogP contribution in [0.5, 0.6) is 0 Å². The average Bonchev–Trinajstić information content (AvgIpc) is 2.42. The van der Waals surface area contributed by atoms with Crippen molar-refractivity contribution in [3.8, 4) is 11.3 Å². The fourth-order valence-electron chi connectivity index (χ4n) is 2.07. The second-order valence-corrected chi connectivity index (χ2v) is 5.29. The van der Waals surface area contributed by atoms with Crippen LogP contribution in [-0.2, 0) is 0 Å². The first-order valence-electron chi connectivity index (χ1n) is 5.97. The van der Waals surface area contributed by atoms with Crippen molar-refractivity contribution in [3.05, 3.63) is 64.1 Å². The van der Waals surface area contributed by atoms with Crippen molar-refractivity contribution in [2.75, 3.05) is 0 Å². The first-order valence-corrected chi connectivity index (χ1v) is 6.72. The predicted molar refractivity (Wildman–Crippen MR) is 81.9 cm³/mol. The number of hydrogen-bond acceptors (Lipinski definition) is 1. The van der Waals surface area contributed by atoms with E-state index < -0.39 is 0 Å². The smallest absolute Gasteiger partial charge is 0.0739 e. The number of aryl methyl sites for hydroxylation is 1. The molecule has 0 radical (unpaired) electrons. The lowest BCUT2D eigenvalue weighted by Crippen LogP contribution is -1.88. The van der Waals surface area contributed by atoms with Crippen LogP contribution in [0.15, 0.2) is 48.5 Å². The van der Waals surface area contributed by atoms with E-state index in [1.54, 1.807) is 0 Å². The van der Waals surface area contributed by atoms with Crippen LogP contribution < -0.4 is 0 Å². The van der Waals surface area contributed by atoms with Gasteiger partial charge < -0.3 is 0 Å². The summed E-state index contributed by atoms with van der Waals surface area (Å²) in [6.07, 6.45) is 0. The largest absolute Gasteiger partial charge is 0.248 e. The van der Waals surface area contributed by atoms with Crippen molar-refractivity contribution in [2.45, 2.75) is 6.92 Å². The maximum atomic E-state index is 6.35. The standard InChI is InChI=1S/C16H11Cl2N/c1-10-7-12-14(18)9-15(11-5-3-2-4-6-11)19-16(12)8-13(10)17/h2-9H,1H3. The molecule has 0 aliphatic rings. The monoisotopic (exact) mass is 287 g/mol. The summed E-state index contributed by atoms with van der Waals surface area (Å²) < 4.78 is 0. The third-order valence-electron chi connectivity index (χ3n) is 3.11. The van der Waals surface area contributed by atoms with E-state index in [-0.39, 0.29) is 0 Å². The van der Waals surface area contributed by atoms with Crippen molar-refractivity contribution in [1.82, 2.24) is 4.98 Å². The van der Waals surface area contributed by atoms with Crippen LogP contribution in [-0.4, -0.2) is 4.98 Å². The van der Waals surface area contributed by atoms with E-state index in [0.29, 0.717) is 10.0 Å². The highest BCUT2D eigenvalue weighted by Gasteiger charge is 2.08. The number of rotatable bonds is 1. The van der Waals surface area contributed by atoms with Crippen molar-refractivity contribution < 1.29 is 0 Å². The summed E-state index contributed by atoms with van der Waals surface area (Å²) in [7, 11) is 0. The number of halogens is 2. The highest BCUT2D eigenvalue weighted by atomic mass is 35.5. The molecule has 0 bridgehead atoms. The van der Waals surface area contributed by atoms with Gasteiger partial charge in [-0.1, -0.05) is 53.5 Å². The minimum absolute atomic E-state index is 0.698. The second-order valence-electron chi connectivity index (χ2n) is 4.47. The molecule has 0 saturated heterocycles. The highest BCUT2D eigenvalue weighted by Crippen LogP contribution is 2.31. The Kier molecular flexibility index (Phi) is 3.17. The summed E-state index contributed by atoms with van der Waals surface area (Å²) in [6, 6.07) is 15.7. The molecule has 0 aliphatic carbocycles. The summed E-state index contributed by atoms with van der Waals surface area (Å²) in [5, 5.41) is 2.34. The van der Waals surface area contributed by atoms with Gasteiger partial charge in [0.2, 0.25) is 0 Å². The lowest BCUT2D eigenvalue weighted by molar-refractivity contribution is 1.38. The van der Waals surface area contributed by atoms with Gasteiger partial charge in [0, 0.05) is 16.0 Å². The van der Waals surface area contributed by atoms with Gasteiger partial charge in [0.25, 0.3) is 0 Å². The molecule has 0 fully saturated rings. The quantitative estimate of drug-likeness (QED) is 0.574.